The lowest BCUT2D eigenvalue weighted by molar-refractivity contribution is -0.132. The molecule has 2 atom stereocenters. The van der Waals surface area contributed by atoms with Crippen molar-refractivity contribution in [3.8, 4) is 0 Å². The van der Waals surface area contributed by atoms with Gasteiger partial charge in [-0.15, -0.1) is 0 Å². The second kappa shape index (κ2) is 9.00. The topological polar surface area (TPSA) is 78.8 Å². The molecule has 0 bridgehead atoms. The van der Waals surface area contributed by atoms with Crippen LogP contribution >= 0.6 is 0 Å². The molecule has 1 amide bonds. The van der Waals surface area contributed by atoms with Crippen molar-refractivity contribution < 1.29 is 13.2 Å². The van der Waals surface area contributed by atoms with Gasteiger partial charge in [0.05, 0.1) is 4.90 Å². The molecule has 2 aromatic carbocycles. The first-order valence-electron chi connectivity index (χ1n) is 10.3. The number of carbonyl (C=O) groups is 1. The maximum Gasteiger partial charge on any atom is 0.263 e. The van der Waals surface area contributed by atoms with E-state index in [1.54, 1.807) is 36.2 Å². The average Bonchev–Trinajstić information content (AvgIpc) is 3.01. The number of amides is 1. The van der Waals surface area contributed by atoms with Gasteiger partial charge in [-0.05, 0) is 35.6 Å². The number of hydrogen-bond donors (Lipinski definition) is 1. The number of benzene rings is 2. The van der Waals surface area contributed by atoms with Crippen LogP contribution in [-0.2, 0) is 27.8 Å². The smallest absolute Gasteiger partial charge is 0.263 e. The van der Waals surface area contributed by atoms with Gasteiger partial charge in [0.2, 0.25) is 5.91 Å². The molecule has 1 N–H and O–H groups in total. The Kier molecular flexibility index (Phi) is 6.61. The summed E-state index contributed by atoms with van der Waals surface area (Å²) in [4.78, 5) is 19.7. The molecule has 7 heteroatoms. The number of sulfonamides is 1. The van der Waals surface area contributed by atoms with E-state index in [0.717, 1.165) is 18.4 Å². The first-order chi connectivity index (χ1) is 14.3. The van der Waals surface area contributed by atoms with Crippen LogP contribution < -0.4 is 4.72 Å². The van der Waals surface area contributed by atoms with Crippen LogP contribution in [0, 0.1) is 5.92 Å². The Morgan fingerprint density at radius 2 is 1.70 bits per heavy atom. The van der Waals surface area contributed by atoms with Crippen molar-refractivity contribution in [3.63, 3.8) is 0 Å². The fourth-order valence-electron chi connectivity index (χ4n) is 3.48. The summed E-state index contributed by atoms with van der Waals surface area (Å²) in [6, 6.07) is 14.3. The first kappa shape index (κ1) is 22.0. The lowest BCUT2D eigenvalue weighted by atomic mass is 9.98. The number of likely N-dealkylation sites (N-methyl/N-ethyl adjacent to an activating group) is 1. The van der Waals surface area contributed by atoms with Gasteiger partial charge in [0.25, 0.3) is 10.0 Å². The molecule has 0 aromatic heterocycles. The minimum Gasteiger partial charge on any atom is -0.340 e. The fourth-order valence-corrected chi connectivity index (χ4v) is 4.71. The second-order valence-corrected chi connectivity index (χ2v) is 9.42. The average molecular weight is 428 g/mol. The highest BCUT2D eigenvalue weighted by atomic mass is 32.2. The largest absolute Gasteiger partial charge is 0.340 e. The minimum absolute atomic E-state index is 0.0350. The first-order valence-corrected chi connectivity index (χ1v) is 11.8. The van der Waals surface area contributed by atoms with Gasteiger partial charge >= 0.3 is 0 Å². The van der Waals surface area contributed by atoms with Crippen molar-refractivity contribution in [2.75, 3.05) is 7.05 Å². The van der Waals surface area contributed by atoms with Crippen LogP contribution in [0.15, 0.2) is 58.4 Å². The van der Waals surface area contributed by atoms with Gasteiger partial charge in [-0.3, -0.25) is 14.5 Å². The third-order valence-electron chi connectivity index (χ3n) is 5.59. The molecule has 1 aliphatic rings. The second-order valence-electron chi connectivity index (χ2n) is 7.77. The van der Waals surface area contributed by atoms with E-state index in [0.29, 0.717) is 12.1 Å². The summed E-state index contributed by atoms with van der Waals surface area (Å²) in [6.07, 6.45) is 1.72. The van der Waals surface area contributed by atoms with Crippen molar-refractivity contribution in [2.45, 2.75) is 51.1 Å². The maximum absolute atomic E-state index is 13.3. The van der Waals surface area contributed by atoms with E-state index in [4.69, 9.17) is 0 Å². The maximum atomic E-state index is 13.3. The molecule has 0 spiro atoms. The summed E-state index contributed by atoms with van der Waals surface area (Å²) < 4.78 is 27.3. The highest BCUT2D eigenvalue weighted by Crippen LogP contribution is 2.24. The number of fused-ring (bicyclic) bond motifs is 1. The predicted octanol–water partition coefficient (Wildman–Crippen LogP) is 3.36. The van der Waals surface area contributed by atoms with E-state index in [2.05, 4.69) is 28.8 Å². The Bertz CT molecular complexity index is 1050. The van der Waals surface area contributed by atoms with Crippen LogP contribution in [0.5, 0.6) is 0 Å². The molecule has 0 fully saturated rings. The molecule has 0 radical (unpaired) electrons. The molecule has 1 heterocycles. The molecule has 0 saturated carbocycles. The molecule has 0 saturated heterocycles. The summed E-state index contributed by atoms with van der Waals surface area (Å²) in [7, 11) is -1.88. The van der Waals surface area contributed by atoms with E-state index >= 15 is 0 Å². The Morgan fingerprint density at radius 3 is 2.33 bits per heavy atom. The van der Waals surface area contributed by atoms with Crippen LogP contribution in [0.3, 0.4) is 0 Å². The highest BCUT2D eigenvalue weighted by molar-refractivity contribution is 7.90. The van der Waals surface area contributed by atoms with Crippen LogP contribution in [0.2, 0.25) is 0 Å². The number of nitrogens with one attached hydrogen (secondary N) is 1. The molecule has 0 unspecified atom stereocenters. The molecule has 160 valence electrons. The Morgan fingerprint density at radius 1 is 1.07 bits per heavy atom. The molecule has 3 rings (SSSR count). The van der Waals surface area contributed by atoms with Gasteiger partial charge in [-0.2, -0.15) is 0 Å². The van der Waals surface area contributed by atoms with E-state index in [1.165, 1.54) is 5.56 Å². The van der Waals surface area contributed by atoms with Gasteiger partial charge in [0, 0.05) is 19.2 Å². The van der Waals surface area contributed by atoms with E-state index < -0.39 is 16.1 Å². The van der Waals surface area contributed by atoms with Gasteiger partial charge in [-0.1, -0.05) is 63.6 Å². The number of nitrogens with zero attached hydrogens (tertiary/aromatic N) is 2. The minimum atomic E-state index is -3.64. The zero-order valence-corrected chi connectivity index (χ0v) is 18.7. The SMILES string of the molecule is CCc1ccc(CN(C)C(=O)[C@@H](N=C2NS(=O)(=O)c3ccccc32)[C@@H](C)CC)cc1. The van der Waals surface area contributed by atoms with Crippen LogP contribution in [-0.4, -0.2) is 38.2 Å². The zero-order chi connectivity index (χ0) is 21.9. The molecule has 2 aromatic rings. The third kappa shape index (κ3) is 4.56. The van der Waals surface area contributed by atoms with E-state index in [9.17, 15) is 13.2 Å². The van der Waals surface area contributed by atoms with Crippen LogP contribution in [0.1, 0.15) is 43.9 Å². The van der Waals surface area contributed by atoms with Gasteiger partial charge in [0.15, 0.2) is 0 Å². The quantitative estimate of drug-likeness (QED) is 0.736. The number of aliphatic imine (C=N–C) groups is 1. The number of amidine groups is 1. The Balaban J connectivity index is 1.87. The van der Waals surface area contributed by atoms with Crippen molar-refractivity contribution in [1.82, 2.24) is 9.62 Å². The summed E-state index contributed by atoms with van der Waals surface area (Å²) in [6.45, 7) is 6.55. The number of carbonyl (C=O) groups excluding carboxylic acids is 1. The van der Waals surface area contributed by atoms with Crippen molar-refractivity contribution in [2.24, 2.45) is 10.9 Å². The van der Waals surface area contributed by atoms with Crippen molar-refractivity contribution in [3.05, 3.63) is 65.2 Å². The molecule has 1 aliphatic heterocycles. The van der Waals surface area contributed by atoms with Gasteiger partial charge in [-0.25, -0.2) is 8.42 Å². The third-order valence-corrected chi connectivity index (χ3v) is 6.99. The van der Waals surface area contributed by atoms with Gasteiger partial charge in [0.1, 0.15) is 11.9 Å². The number of rotatable bonds is 7. The molecular weight excluding hydrogens is 398 g/mol. The summed E-state index contributed by atoms with van der Waals surface area (Å²) >= 11 is 0. The van der Waals surface area contributed by atoms with E-state index in [-0.39, 0.29) is 22.6 Å². The Hall–Kier alpha value is -2.67. The fraction of sp³-hybridized carbons (Fsp3) is 0.391. The molecule has 0 aliphatic carbocycles. The lowest BCUT2D eigenvalue weighted by Crippen LogP contribution is -2.40. The van der Waals surface area contributed by atoms with Crippen molar-refractivity contribution >= 4 is 21.8 Å². The number of aryl methyl sites for hydroxylation is 1. The highest BCUT2D eigenvalue weighted by Gasteiger charge is 2.33. The summed E-state index contributed by atoms with van der Waals surface area (Å²) in [5, 5.41) is 0. The van der Waals surface area contributed by atoms with Crippen molar-refractivity contribution in [1.29, 1.82) is 0 Å². The summed E-state index contributed by atoms with van der Waals surface area (Å²) in [5.41, 5.74) is 2.81. The predicted molar refractivity (Wildman–Crippen MR) is 119 cm³/mol. The Labute approximate surface area is 179 Å². The van der Waals surface area contributed by atoms with Gasteiger partial charge < -0.3 is 4.90 Å². The zero-order valence-electron chi connectivity index (χ0n) is 17.9. The lowest BCUT2D eigenvalue weighted by Gasteiger charge is -2.25. The van der Waals surface area contributed by atoms with Crippen LogP contribution in [0.4, 0.5) is 0 Å². The van der Waals surface area contributed by atoms with Crippen LogP contribution in [0.25, 0.3) is 0 Å². The molecule has 30 heavy (non-hydrogen) atoms. The standard InChI is InChI=1S/C23H29N3O3S/c1-5-16(3)21(23(27)26(4)15-18-13-11-17(6-2)12-14-18)24-22-19-9-7-8-10-20(19)30(28,29)25-22/h7-14,16,21H,5-6,15H2,1-4H3,(H,24,25)/t16-,21-/m0/s1. The summed E-state index contributed by atoms with van der Waals surface area (Å²) in [5.74, 6) is 0.0807. The normalized spacial score (nSPS) is 17.8. The van der Waals surface area contributed by atoms with E-state index in [1.807, 2.05) is 26.0 Å². The molecule has 6 nitrogen and oxygen atoms in total. The number of hydrogen-bond acceptors (Lipinski definition) is 4. The monoisotopic (exact) mass is 427 g/mol. The molecular formula is C23H29N3O3S.